The molecule has 5 heteroatoms. The van der Waals surface area contributed by atoms with Gasteiger partial charge in [0.25, 0.3) is 0 Å². The van der Waals surface area contributed by atoms with E-state index in [0.29, 0.717) is 25.0 Å². The number of rotatable bonds is 3. The molecule has 0 amide bonds. The quantitative estimate of drug-likeness (QED) is 0.622. The second kappa shape index (κ2) is 7.37. The summed E-state index contributed by atoms with van der Waals surface area (Å²) in [5.41, 5.74) is 0. The number of carbonyl (C=O) groups is 2. The van der Waals surface area contributed by atoms with Crippen LogP contribution in [-0.4, -0.2) is 28.2 Å². The molecule has 0 bridgehead atoms. The summed E-state index contributed by atoms with van der Waals surface area (Å²) in [4.78, 5) is 22.2. The third-order valence-electron chi connectivity index (χ3n) is 2.69. The van der Waals surface area contributed by atoms with Gasteiger partial charge in [-0.3, -0.25) is 4.79 Å². The van der Waals surface area contributed by atoms with E-state index in [1.54, 1.807) is 0 Å². The predicted octanol–water partition coefficient (Wildman–Crippen LogP) is 3.08. The molecule has 0 saturated heterocycles. The molecule has 2 unspecified atom stereocenters. The van der Waals surface area contributed by atoms with Crippen molar-refractivity contribution >= 4 is 23.0 Å². The fourth-order valence-corrected chi connectivity index (χ4v) is 2.20. The Morgan fingerprint density at radius 3 is 2.82 bits per heavy atom. The molecule has 0 aromatic carbocycles. The summed E-state index contributed by atoms with van der Waals surface area (Å²) in [5, 5.41) is 8.69. The van der Waals surface area contributed by atoms with Crippen LogP contribution < -0.4 is 0 Å². The summed E-state index contributed by atoms with van der Waals surface area (Å²) in [7, 11) is 0. The van der Waals surface area contributed by atoms with E-state index in [1.807, 2.05) is 19.1 Å². The summed E-state index contributed by atoms with van der Waals surface area (Å²) in [5.74, 6) is -0.388. The van der Waals surface area contributed by atoms with Gasteiger partial charge in [0.15, 0.2) is 0 Å². The molecule has 1 aliphatic carbocycles. The van der Waals surface area contributed by atoms with Crippen LogP contribution in [0.2, 0.25) is 0 Å². The molecule has 1 aliphatic rings. The molecule has 1 N–H and O–H groups in total. The van der Waals surface area contributed by atoms with Gasteiger partial charge in [-0.05, 0) is 43.5 Å². The maximum absolute atomic E-state index is 11.3. The smallest absolute Gasteiger partial charge is 0.367 e. The van der Waals surface area contributed by atoms with Crippen molar-refractivity contribution in [3.8, 4) is 0 Å². The highest BCUT2D eigenvalue weighted by atomic mass is 32.2. The molecular formula is C12H18O4S. The van der Waals surface area contributed by atoms with Crippen molar-refractivity contribution in [2.24, 2.45) is 5.92 Å². The number of carboxylic acid groups (broad SMARTS) is 1. The lowest BCUT2D eigenvalue weighted by atomic mass is 9.93. The average Bonchev–Trinajstić information content (AvgIpc) is 2.22. The first-order valence-electron chi connectivity index (χ1n) is 5.86. The second-order valence-electron chi connectivity index (χ2n) is 3.96. The molecule has 96 valence electrons. The Kier molecular flexibility index (Phi) is 6.11. The average molecular weight is 258 g/mol. The Labute approximate surface area is 105 Å². The van der Waals surface area contributed by atoms with Crippen molar-refractivity contribution in [1.29, 1.82) is 0 Å². The van der Waals surface area contributed by atoms with Crippen LogP contribution in [-0.2, 0) is 9.53 Å². The van der Waals surface area contributed by atoms with Gasteiger partial charge in [0.2, 0.25) is 0 Å². The van der Waals surface area contributed by atoms with E-state index in [2.05, 4.69) is 0 Å². The maximum Gasteiger partial charge on any atom is 0.367 e. The van der Waals surface area contributed by atoms with Crippen LogP contribution in [0.1, 0.15) is 32.6 Å². The minimum atomic E-state index is -0.756. The Bertz CT molecular complexity index is 301. The van der Waals surface area contributed by atoms with Gasteiger partial charge in [-0.2, -0.15) is 0 Å². The lowest BCUT2D eigenvalue weighted by Crippen LogP contribution is -2.20. The van der Waals surface area contributed by atoms with Crippen molar-refractivity contribution in [3.05, 3.63) is 12.2 Å². The van der Waals surface area contributed by atoms with Gasteiger partial charge in [-0.1, -0.05) is 13.0 Å². The van der Waals surface area contributed by atoms with E-state index in [4.69, 9.17) is 9.84 Å². The van der Waals surface area contributed by atoms with Gasteiger partial charge in [-0.25, -0.2) is 4.79 Å². The molecule has 0 heterocycles. The molecule has 0 fully saturated rings. The molecule has 0 aliphatic heterocycles. The van der Waals surface area contributed by atoms with Crippen LogP contribution in [0.15, 0.2) is 12.2 Å². The first-order valence-corrected chi connectivity index (χ1v) is 6.85. The normalized spacial score (nSPS) is 26.6. The molecule has 0 aromatic heterocycles. The number of hydrogen-bond donors (Lipinski definition) is 1. The largest absolute Gasteiger partial charge is 0.481 e. The van der Waals surface area contributed by atoms with Crippen LogP contribution in [0.4, 0.5) is 4.79 Å². The number of hydrogen-bond acceptors (Lipinski definition) is 4. The van der Waals surface area contributed by atoms with Crippen LogP contribution in [0.25, 0.3) is 0 Å². The summed E-state index contributed by atoms with van der Waals surface area (Å²) in [6.45, 7) is 1.89. The van der Waals surface area contributed by atoms with Crippen molar-refractivity contribution < 1.29 is 19.4 Å². The SMILES string of the molecule is CCSC(=O)OC1/C=C/CCC(C(=O)O)CC1. The maximum atomic E-state index is 11.3. The number of carboxylic acids is 1. The standard InChI is InChI=1S/C12H18O4S/c1-2-17-12(15)16-10-6-4-3-5-9(7-8-10)11(13)14/h4,6,9-10H,2-3,5,7-8H2,1H3,(H,13,14)/b6-4+. The molecule has 17 heavy (non-hydrogen) atoms. The van der Waals surface area contributed by atoms with E-state index in [0.717, 1.165) is 18.2 Å². The number of aliphatic carboxylic acids is 1. The van der Waals surface area contributed by atoms with Gasteiger partial charge >= 0.3 is 11.3 Å². The second-order valence-corrected chi connectivity index (χ2v) is 5.16. The zero-order valence-corrected chi connectivity index (χ0v) is 10.7. The number of allylic oxidation sites excluding steroid dienone is 1. The van der Waals surface area contributed by atoms with E-state index in [-0.39, 0.29) is 17.3 Å². The summed E-state index contributed by atoms with van der Waals surface area (Å²) in [6, 6.07) is 0. The Morgan fingerprint density at radius 1 is 1.41 bits per heavy atom. The van der Waals surface area contributed by atoms with Crippen molar-refractivity contribution in [3.63, 3.8) is 0 Å². The fraction of sp³-hybridized carbons (Fsp3) is 0.667. The number of thioether (sulfide) groups is 1. The Balaban J connectivity index is 2.48. The highest BCUT2D eigenvalue weighted by Gasteiger charge is 2.21. The highest BCUT2D eigenvalue weighted by Crippen LogP contribution is 2.21. The number of ether oxygens (including phenoxy) is 1. The molecule has 1 rings (SSSR count). The minimum absolute atomic E-state index is 0.274. The topological polar surface area (TPSA) is 63.6 Å². The first-order chi connectivity index (χ1) is 8.13. The Morgan fingerprint density at radius 2 is 2.18 bits per heavy atom. The summed E-state index contributed by atoms with van der Waals surface area (Å²) in [6.07, 6.45) is 6.04. The van der Waals surface area contributed by atoms with Crippen molar-refractivity contribution in [1.82, 2.24) is 0 Å². The van der Waals surface area contributed by atoms with Crippen molar-refractivity contribution in [2.45, 2.75) is 38.7 Å². The third-order valence-corrected chi connectivity index (χ3v) is 3.31. The molecule has 0 spiro atoms. The van der Waals surface area contributed by atoms with Gasteiger partial charge in [0.05, 0.1) is 5.92 Å². The van der Waals surface area contributed by atoms with E-state index >= 15 is 0 Å². The highest BCUT2D eigenvalue weighted by molar-refractivity contribution is 8.13. The van der Waals surface area contributed by atoms with Gasteiger partial charge in [-0.15, -0.1) is 0 Å². The lowest BCUT2D eigenvalue weighted by molar-refractivity contribution is -0.142. The van der Waals surface area contributed by atoms with Crippen LogP contribution in [0, 0.1) is 5.92 Å². The van der Waals surface area contributed by atoms with E-state index in [1.165, 1.54) is 0 Å². The molecule has 0 radical (unpaired) electrons. The number of carbonyl (C=O) groups excluding carboxylic acids is 1. The van der Waals surface area contributed by atoms with Crippen LogP contribution in [0.5, 0.6) is 0 Å². The predicted molar refractivity (Wildman–Crippen MR) is 67.1 cm³/mol. The van der Waals surface area contributed by atoms with E-state index in [9.17, 15) is 9.59 Å². The van der Waals surface area contributed by atoms with Crippen LogP contribution in [0.3, 0.4) is 0 Å². The van der Waals surface area contributed by atoms with E-state index < -0.39 is 5.97 Å². The summed E-state index contributed by atoms with van der Waals surface area (Å²) < 4.78 is 5.24. The first kappa shape index (κ1) is 14.1. The fourth-order valence-electron chi connectivity index (χ4n) is 1.77. The monoisotopic (exact) mass is 258 g/mol. The lowest BCUT2D eigenvalue weighted by Gasteiger charge is -2.19. The minimum Gasteiger partial charge on any atom is -0.481 e. The summed E-state index contributed by atoms with van der Waals surface area (Å²) >= 11 is 1.13. The Hall–Kier alpha value is -0.970. The molecule has 0 aromatic rings. The molecule has 2 atom stereocenters. The van der Waals surface area contributed by atoms with Gasteiger partial charge < -0.3 is 9.84 Å². The molecule has 4 nitrogen and oxygen atoms in total. The zero-order chi connectivity index (χ0) is 12.7. The zero-order valence-electron chi connectivity index (χ0n) is 9.93. The van der Waals surface area contributed by atoms with Gasteiger partial charge in [0, 0.05) is 5.75 Å². The van der Waals surface area contributed by atoms with Crippen LogP contribution >= 0.6 is 11.8 Å². The van der Waals surface area contributed by atoms with Crippen molar-refractivity contribution in [2.75, 3.05) is 5.75 Å². The molecular weight excluding hydrogens is 240 g/mol. The molecule has 0 saturated carbocycles. The van der Waals surface area contributed by atoms with Gasteiger partial charge in [0.1, 0.15) is 6.10 Å². The third kappa shape index (κ3) is 5.26.